The van der Waals surface area contributed by atoms with E-state index in [9.17, 15) is 9.59 Å². The van der Waals surface area contributed by atoms with Crippen molar-refractivity contribution in [1.82, 2.24) is 0 Å². The topological polar surface area (TPSA) is 92.4 Å². The Morgan fingerprint density at radius 2 is 2.06 bits per heavy atom. The lowest BCUT2D eigenvalue weighted by atomic mass is 9.94. The molecule has 0 spiro atoms. The first-order valence-corrected chi connectivity index (χ1v) is 6.10. The van der Waals surface area contributed by atoms with Gasteiger partial charge in [0.2, 0.25) is 5.91 Å². The number of hydrogen-bond donors (Lipinski definition) is 3. The summed E-state index contributed by atoms with van der Waals surface area (Å²) < 4.78 is 0.577. The van der Waals surface area contributed by atoms with E-state index in [0.29, 0.717) is 10.0 Å². The Bertz CT molecular complexity index is 486. The van der Waals surface area contributed by atoms with Crippen LogP contribution in [-0.2, 0) is 4.79 Å². The van der Waals surface area contributed by atoms with Gasteiger partial charge in [0.1, 0.15) is 0 Å². The number of primary amides is 1. The van der Waals surface area contributed by atoms with Crippen molar-refractivity contribution in [2.24, 2.45) is 11.1 Å². The Kier molecular flexibility index (Phi) is 4.34. The van der Waals surface area contributed by atoms with Crippen LogP contribution in [0.2, 0.25) is 0 Å². The van der Waals surface area contributed by atoms with Crippen molar-refractivity contribution in [3.63, 3.8) is 0 Å². The van der Waals surface area contributed by atoms with Gasteiger partial charge in [-0.15, -0.1) is 0 Å². The lowest BCUT2D eigenvalue weighted by Crippen LogP contribution is -2.31. The van der Waals surface area contributed by atoms with Gasteiger partial charge in [0.05, 0.1) is 11.0 Å². The van der Waals surface area contributed by atoms with Crippen LogP contribution in [0.4, 0.5) is 5.69 Å². The standard InChI is InChI=1S/C12H15BrN2O3/c1-12(2,11(17)18)6-15-7-3-4-8(10(14)16)9(13)5-7/h3-5,15H,6H2,1-2H3,(H2,14,16)(H,17,18). The Balaban J connectivity index is 2.79. The van der Waals surface area contributed by atoms with Gasteiger partial charge in [-0.05, 0) is 48.0 Å². The molecule has 0 saturated carbocycles. The Hall–Kier alpha value is -1.56. The van der Waals surface area contributed by atoms with Gasteiger partial charge in [-0.3, -0.25) is 9.59 Å². The predicted octanol–water partition coefficient (Wildman–Crippen LogP) is 2.07. The van der Waals surface area contributed by atoms with Crippen LogP contribution in [0, 0.1) is 5.41 Å². The van der Waals surface area contributed by atoms with Gasteiger partial charge >= 0.3 is 5.97 Å². The van der Waals surface area contributed by atoms with Crippen molar-refractivity contribution in [2.75, 3.05) is 11.9 Å². The molecule has 0 saturated heterocycles. The van der Waals surface area contributed by atoms with Crippen LogP contribution in [0.25, 0.3) is 0 Å². The van der Waals surface area contributed by atoms with E-state index in [1.54, 1.807) is 32.0 Å². The largest absolute Gasteiger partial charge is 0.481 e. The molecule has 1 amide bonds. The quantitative estimate of drug-likeness (QED) is 0.775. The second-order valence-corrected chi connectivity index (χ2v) is 5.46. The van der Waals surface area contributed by atoms with Crippen molar-refractivity contribution in [3.8, 4) is 0 Å². The maximum absolute atomic E-state index is 11.0. The summed E-state index contributed by atoms with van der Waals surface area (Å²) in [5, 5.41) is 12.0. The molecule has 1 aromatic carbocycles. The van der Waals surface area contributed by atoms with E-state index in [1.807, 2.05) is 0 Å². The molecule has 5 nitrogen and oxygen atoms in total. The number of carbonyl (C=O) groups excluding carboxylic acids is 1. The van der Waals surface area contributed by atoms with Crippen LogP contribution >= 0.6 is 15.9 Å². The molecule has 6 heteroatoms. The molecule has 0 radical (unpaired) electrons. The molecule has 0 aliphatic rings. The molecule has 18 heavy (non-hydrogen) atoms. The minimum atomic E-state index is -0.872. The van der Waals surface area contributed by atoms with E-state index in [1.165, 1.54) is 0 Å². The number of carboxylic acids is 1. The van der Waals surface area contributed by atoms with Crippen LogP contribution in [0.5, 0.6) is 0 Å². The third kappa shape index (κ3) is 3.46. The smallest absolute Gasteiger partial charge is 0.310 e. The molecule has 0 aromatic heterocycles. The fraction of sp³-hybridized carbons (Fsp3) is 0.333. The SMILES string of the molecule is CC(C)(CNc1ccc(C(N)=O)c(Br)c1)C(=O)O. The fourth-order valence-electron chi connectivity index (χ4n) is 1.22. The highest BCUT2D eigenvalue weighted by molar-refractivity contribution is 9.10. The summed E-state index contributed by atoms with van der Waals surface area (Å²) in [6.07, 6.45) is 0. The van der Waals surface area contributed by atoms with Gasteiger partial charge in [-0.2, -0.15) is 0 Å². The summed E-state index contributed by atoms with van der Waals surface area (Å²) in [5.74, 6) is -1.39. The molecule has 0 bridgehead atoms. The number of benzene rings is 1. The number of carbonyl (C=O) groups is 2. The summed E-state index contributed by atoms with van der Waals surface area (Å²) in [5.41, 5.74) is 5.42. The van der Waals surface area contributed by atoms with Crippen LogP contribution < -0.4 is 11.1 Å². The molecule has 0 aliphatic heterocycles. The minimum Gasteiger partial charge on any atom is -0.481 e. The summed E-state index contributed by atoms with van der Waals surface area (Å²) in [6, 6.07) is 4.96. The van der Waals surface area contributed by atoms with E-state index in [-0.39, 0.29) is 6.54 Å². The molecule has 1 aromatic rings. The summed E-state index contributed by atoms with van der Waals surface area (Å²) in [7, 11) is 0. The first-order chi connectivity index (χ1) is 8.24. The zero-order valence-corrected chi connectivity index (χ0v) is 11.7. The predicted molar refractivity (Wildman–Crippen MR) is 72.6 cm³/mol. The molecule has 0 unspecified atom stereocenters. The molecule has 1 rings (SSSR count). The number of nitrogens with one attached hydrogen (secondary N) is 1. The summed E-state index contributed by atoms with van der Waals surface area (Å²) in [4.78, 5) is 22.0. The van der Waals surface area contributed by atoms with Gasteiger partial charge < -0.3 is 16.2 Å². The van der Waals surface area contributed by atoms with Gasteiger partial charge in [0.15, 0.2) is 0 Å². The van der Waals surface area contributed by atoms with E-state index in [4.69, 9.17) is 10.8 Å². The lowest BCUT2D eigenvalue weighted by molar-refractivity contribution is -0.146. The first-order valence-electron chi connectivity index (χ1n) is 5.30. The summed E-state index contributed by atoms with van der Waals surface area (Å²) >= 11 is 3.24. The van der Waals surface area contributed by atoms with Crippen LogP contribution in [0.1, 0.15) is 24.2 Å². The van der Waals surface area contributed by atoms with E-state index in [0.717, 1.165) is 5.69 Å². The number of anilines is 1. The van der Waals surface area contributed by atoms with Gasteiger partial charge in [-0.1, -0.05) is 0 Å². The Morgan fingerprint density at radius 3 is 2.50 bits per heavy atom. The normalized spacial score (nSPS) is 11.1. The van der Waals surface area contributed by atoms with Crippen molar-refractivity contribution in [1.29, 1.82) is 0 Å². The van der Waals surface area contributed by atoms with Gasteiger partial charge in [0.25, 0.3) is 0 Å². The average molecular weight is 315 g/mol. The van der Waals surface area contributed by atoms with Crippen LogP contribution in [0.15, 0.2) is 22.7 Å². The van der Waals surface area contributed by atoms with Crippen LogP contribution in [-0.4, -0.2) is 23.5 Å². The van der Waals surface area contributed by atoms with Crippen LogP contribution in [0.3, 0.4) is 0 Å². The fourth-order valence-corrected chi connectivity index (χ4v) is 1.80. The minimum absolute atomic E-state index is 0.282. The van der Waals surface area contributed by atoms with E-state index >= 15 is 0 Å². The first kappa shape index (κ1) is 14.5. The Morgan fingerprint density at radius 1 is 1.44 bits per heavy atom. The van der Waals surface area contributed by atoms with E-state index < -0.39 is 17.3 Å². The molecule has 4 N–H and O–H groups in total. The number of carboxylic acid groups (broad SMARTS) is 1. The van der Waals surface area contributed by atoms with E-state index in [2.05, 4.69) is 21.2 Å². The lowest BCUT2D eigenvalue weighted by Gasteiger charge is -2.20. The highest BCUT2D eigenvalue weighted by Crippen LogP contribution is 2.23. The maximum atomic E-state index is 11.0. The van der Waals surface area contributed by atoms with Crippen molar-refractivity contribution >= 4 is 33.5 Å². The number of halogens is 1. The second-order valence-electron chi connectivity index (χ2n) is 4.60. The third-order valence-corrected chi connectivity index (χ3v) is 3.20. The highest BCUT2D eigenvalue weighted by atomic mass is 79.9. The Labute approximate surface area is 113 Å². The molecular formula is C12H15BrN2O3. The highest BCUT2D eigenvalue weighted by Gasteiger charge is 2.26. The molecule has 98 valence electrons. The molecular weight excluding hydrogens is 300 g/mol. The van der Waals surface area contributed by atoms with Crippen molar-refractivity contribution < 1.29 is 14.7 Å². The third-order valence-electron chi connectivity index (χ3n) is 2.55. The zero-order chi connectivity index (χ0) is 13.9. The summed E-state index contributed by atoms with van der Waals surface area (Å²) in [6.45, 7) is 3.55. The second kappa shape index (κ2) is 5.39. The number of hydrogen-bond acceptors (Lipinski definition) is 3. The number of amides is 1. The van der Waals surface area contributed by atoms with Crippen molar-refractivity contribution in [2.45, 2.75) is 13.8 Å². The number of rotatable bonds is 5. The van der Waals surface area contributed by atoms with Gasteiger partial charge in [-0.25, -0.2) is 0 Å². The number of aliphatic carboxylic acids is 1. The molecule has 0 fully saturated rings. The maximum Gasteiger partial charge on any atom is 0.310 e. The monoisotopic (exact) mass is 314 g/mol. The molecule has 0 aliphatic carbocycles. The van der Waals surface area contributed by atoms with Gasteiger partial charge in [0, 0.05) is 16.7 Å². The average Bonchev–Trinajstić information content (AvgIpc) is 2.25. The molecule has 0 atom stereocenters. The van der Waals surface area contributed by atoms with Crippen molar-refractivity contribution in [3.05, 3.63) is 28.2 Å². The number of nitrogens with two attached hydrogens (primary N) is 1. The molecule has 0 heterocycles. The zero-order valence-electron chi connectivity index (χ0n) is 10.2.